The number of benzene rings is 2. The van der Waals surface area contributed by atoms with Crippen molar-refractivity contribution < 1.29 is 28.3 Å². The minimum absolute atomic E-state index is 0.00234. The fourth-order valence-corrected chi connectivity index (χ4v) is 6.61. The van der Waals surface area contributed by atoms with Gasteiger partial charge in [0.2, 0.25) is 17.7 Å². The number of nitrogens with zero attached hydrogens (tertiary/aromatic N) is 4. The molecule has 2 aromatic carbocycles. The number of hydrogen-bond acceptors (Lipinski definition) is 6. The lowest BCUT2D eigenvalue weighted by Crippen LogP contribution is -2.58. The minimum Gasteiger partial charge on any atom is -0.378 e. The zero-order chi connectivity index (χ0) is 33.2. The Hall–Kier alpha value is -4.50. The second-order valence-electron chi connectivity index (χ2n) is 13.6. The predicted octanol–water partition coefficient (Wildman–Crippen LogP) is 3.06. The van der Waals surface area contributed by atoms with Crippen LogP contribution in [0.25, 0.3) is 0 Å². The molecule has 0 radical (unpaired) electrons. The fourth-order valence-electron chi connectivity index (χ4n) is 6.61. The number of fused-ring (bicyclic) bond motifs is 2. The highest BCUT2D eigenvalue weighted by atomic mass is 19.1. The molecule has 3 heterocycles. The fraction of sp³-hybridized carbons (Fsp3) is 0.500. The predicted molar refractivity (Wildman–Crippen MR) is 168 cm³/mol. The standard InChI is InChI=1S/C34H41FN6O5/c1-33(2,3)19-28(30(43)41-21-34(18-24(41)20-36)25-7-5-6-8-26(25)37-31(34)44)39(4)29(42)27(17-22-9-11-23(35)12-10-22)38-32(45)40-13-15-46-16-14-40/h5-12,24,27-28H,13-19,21H2,1-4H3,(H,37,44)(H,38,45)/t24-,27-,28-,34-/m0/s1. The van der Waals surface area contributed by atoms with E-state index in [-0.39, 0.29) is 31.7 Å². The normalized spacial score (nSPS) is 22.1. The Morgan fingerprint density at radius 2 is 1.83 bits per heavy atom. The van der Waals surface area contributed by atoms with E-state index in [1.807, 2.05) is 39.0 Å². The highest BCUT2D eigenvalue weighted by molar-refractivity contribution is 6.07. The molecule has 0 saturated carbocycles. The molecule has 3 aliphatic heterocycles. The summed E-state index contributed by atoms with van der Waals surface area (Å²) in [6.07, 6.45) is 0.473. The molecule has 0 unspecified atom stereocenters. The lowest BCUT2D eigenvalue weighted by molar-refractivity contribution is -0.147. The lowest BCUT2D eigenvalue weighted by Gasteiger charge is -2.37. The number of amides is 5. The molecule has 0 aromatic heterocycles. The Morgan fingerprint density at radius 3 is 2.48 bits per heavy atom. The number of para-hydroxylation sites is 1. The number of nitrogens with one attached hydrogen (secondary N) is 2. The molecule has 0 aliphatic carbocycles. The number of urea groups is 1. The van der Waals surface area contributed by atoms with Gasteiger partial charge < -0.3 is 30.1 Å². The Morgan fingerprint density at radius 1 is 1.15 bits per heavy atom. The van der Waals surface area contributed by atoms with Crippen LogP contribution in [0.2, 0.25) is 0 Å². The van der Waals surface area contributed by atoms with E-state index in [9.17, 15) is 28.8 Å². The minimum atomic E-state index is -1.07. The number of morpholine rings is 1. The van der Waals surface area contributed by atoms with E-state index in [0.29, 0.717) is 37.6 Å². The van der Waals surface area contributed by atoms with Crippen LogP contribution in [0, 0.1) is 22.6 Å². The second-order valence-corrected chi connectivity index (χ2v) is 13.6. The molecule has 4 atom stereocenters. The highest BCUT2D eigenvalue weighted by Gasteiger charge is 2.57. The first-order valence-corrected chi connectivity index (χ1v) is 15.6. The Kier molecular flexibility index (Phi) is 9.35. The van der Waals surface area contributed by atoms with Crippen LogP contribution in [0.1, 0.15) is 44.7 Å². The Labute approximate surface area is 268 Å². The number of rotatable bonds is 7. The highest BCUT2D eigenvalue weighted by Crippen LogP contribution is 2.46. The van der Waals surface area contributed by atoms with Gasteiger partial charge in [-0.05, 0) is 41.2 Å². The van der Waals surface area contributed by atoms with Gasteiger partial charge in [-0.25, -0.2) is 9.18 Å². The zero-order valence-corrected chi connectivity index (χ0v) is 26.7. The van der Waals surface area contributed by atoms with Crippen molar-refractivity contribution in [3.63, 3.8) is 0 Å². The lowest BCUT2D eigenvalue weighted by atomic mass is 9.80. The first-order valence-electron chi connectivity index (χ1n) is 15.6. The van der Waals surface area contributed by atoms with E-state index in [1.54, 1.807) is 23.1 Å². The Balaban J connectivity index is 1.44. The molecule has 2 fully saturated rings. The zero-order valence-electron chi connectivity index (χ0n) is 26.7. The van der Waals surface area contributed by atoms with E-state index in [0.717, 1.165) is 5.56 Å². The van der Waals surface area contributed by atoms with Crippen LogP contribution in [0.5, 0.6) is 0 Å². The smallest absolute Gasteiger partial charge is 0.318 e. The first-order chi connectivity index (χ1) is 21.8. The summed E-state index contributed by atoms with van der Waals surface area (Å²) in [7, 11) is 1.53. The molecule has 1 spiro atoms. The van der Waals surface area contributed by atoms with E-state index in [4.69, 9.17) is 4.74 Å². The van der Waals surface area contributed by atoms with E-state index < -0.39 is 52.6 Å². The number of carbonyl (C=O) groups excluding carboxylic acids is 4. The molecular formula is C34H41FN6O5. The molecular weight excluding hydrogens is 591 g/mol. The van der Waals surface area contributed by atoms with Crippen LogP contribution in [-0.2, 0) is 31.0 Å². The van der Waals surface area contributed by atoms with E-state index >= 15 is 0 Å². The number of likely N-dealkylation sites (tertiary alicyclic amines) is 1. The molecule has 5 rings (SSSR count). The summed E-state index contributed by atoms with van der Waals surface area (Å²) in [4.78, 5) is 59.7. The van der Waals surface area contributed by atoms with Gasteiger partial charge in [0.25, 0.3) is 0 Å². The van der Waals surface area contributed by atoms with Crippen molar-refractivity contribution in [3.05, 3.63) is 65.5 Å². The van der Waals surface area contributed by atoms with Crippen molar-refractivity contribution in [2.75, 3.05) is 45.2 Å². The van der Waals surface area contributed by atoms with Gasteiger partial charge in [-0.3, -0.25) is 14.4 Å². The van der Waals surface area contributed by atoms with Crippen molar-refractivity contribution in [3.8, 4) is 6.07 Å². The summed E-state index contributed by atoms with van der Waals surface area (Å²) in [5, 5.41) is 15.9. The summed E-state index contributed by atoms with van der Waals surface area (Å²) in [5.41, 5.74) is 0.564. The van der Waals surface area contributed by atoms with Crippen molar-refractivity contribution in [2.45, 2.75) is 63.6 Å². The molecule has 5 amide bonds. The van der Waals surface area contributed by atoms with Crippen molar-refractivity contribution in [2.24, 2.45) is 5.41 Å². The molecule has 0 bridgehead atoms. The van der Waals surface area contributed by atoms with Gasteiger partial charge in [0, 0.05) is 45.2 Å². The maximum absolute atomic E-state index is 14.5. The van der Waals surface area contributed by atoms with E-state index in [2.05, 4.69) is 16.7 Å². The number of halogens is 1. The van der Waals surface area contributed by atoms with Gasteiger partial charge in [-0.15, -0.1) is 0 Å². The van der Waals surface area contributed by atoms with Crippen LogP contribution in [-0.4, -0.2) is 96.5 Å². The maximum atomic E-state index is 14.5. The van der Waals surface area contributed by atoms with E-state index in [1.165, 1.54) is 29.0 Å². The third-order valence-corrected chi connectivity index (χ3v) is 9.07. The van der Waals surface area contributed by atoms with Gasteiger partial charge in [0.1, 0.15) is 23.9 Å². The summed E-state index contributed by atoms with van der Waals surface area (Å²) in [6, 6.07) is 11.8. The van der Waals surface area contributed by atoms with Gasteiger partial charge in [-0.2, -0.15) is 5.26 Å². The molecule has 2 N–H and O–H groups in total. The quantitative estimate of drug-likeness (QED) is 0.482. The number of ether oxygens (including phenoxy) is 1. The number of carbonyl (C=O) groups is 4. The molecule has 11 nitrogen and oxygen atoms in total. The van der Waals surface area contributed by atoms with Crippen LogP contribution in [0.15, 0.2) is 48.5 Å². The molecule has 244 valence electrons. The average Bonchev–Trinajstić information content (AvgIpc) is 3.57. The molecule has 3 aliphatic rings. The van der Waals surface area contributed by atoms with Gasteiger partial charge in [0.05, 0.1) is 24.7 Å². The third-order valence-electron chi connectivity index (χ3n) is 9.07. The summed E-state index contributed by atoms with van der Waals surface area (Å²) in [5.74, 6) is -1.62. The summed E-state index contributed by atoms with van der Waals surface area (Å²) >= 11 is 0. The monoisotopic (exact) mass is 632 g/mol. The van der Waals surface area contributed by atoms with Crippen LogP contribution in [0.4, 0.5) is 14.9 Å². The van der Waals surface area contributed by atoms with Gasteiger partial charge in [0.15, 0.2) is 0 Å². The van der Waals surface area contributed by atoms with Gasteiger partial charge >= 0.3 is 6.03 Å². The van der Waals surface area contributed by atoms with Crippen molar-refractivity contribution >= 4 is 29.4 Å². The van der Waals surface area contributed by atoms with Crippen molar-refractivity contribution in [1.29, 1.82) is 5.26 Å². The molecule has 2 aromatic rings. The number of nitriles is 1. The third kappa shape index (κ3) is 6.70. The number of hydrogen-bond donors (Lipinski definition) is 2. The topological polar surface area (TPSA) is 135 Å². The molecule has 46 heavy (non-hydrogen) atoms. The molecule has 2 saturated heterocycles. The second kappa shape index (κ2) is 13.1. The molecule has 12 heteroatoms. The average molecular weight is 633 g/mol. The summed E-state index contributed by atoms with van der Waals surface area (Å²) in [6.45, 7) is 7.36. The van der Waals surface area contributed by atoms with Crippen molar-refractivity contribution in [1.82, 2.24) is 20.0 Å². The SMILES string of the molecule is CN(C(=O)[C@H](Cc1ccc(F)cc1)NC(=O)N1CCOCC1)[C@@H](CC(C)(C)C)C(=O)N1C[C@]2(C[C@H]1C#N)C(=O)Nc1ccccc12. The first kappa shape index (κ1) is 32.9. The van der Waals surface area contributed by atoms with Crippen LogP contribution < -0.4 is 10.6 Å². The summed E-state index contributed by atoms with van der Waals surface area (Å²) < 4.78 is 19.0. The maximum Gasteiger partial charge on any atom is 0.318 e. The van der Waals surface area contributed by atoms with Crippen LogP contribution in [0.3, 0.4) is 0 Å². The van der Waals surface area contributed by atoms with Gasteiger partial charge in [-0.1, -0.05) is 51.1 Å². The largest absolute Gasteiger partial charge is 0.378 e. The number of likely N-dealkylation sites (N-methyl/N-ethyl adjacent to an activating group) is 1. The Bertz CT molecular complexity index is 1530. The van der Waals surface area contributed by atoms with Crippen LogP contribution >= 0.6 is 0 Å². The number of anilines is 1.